The van der Waals surface area contributed by atoms with Gasteiger partial charge in [-0.25, -0.2) is 0 Å². The molecule has 0 heterocycles. The highest BCUT2D eigenvalue weighted by Crippen LogP contribution is 2.67. The molecular formula is C33H60OSi. The van der Waals surface area contributed by atoms with Gasteiger partial charge in [0, 0.05) is 6.10 Å². The largest absolute Gasteiger partial charge is 0.414 e. The minimum Gasteiger partial charge on any atom is -0.414 e. The lowest BCUT2D eigenvalue weighted by atomic mass is 9.45. The fourth-order valence-electron chi connectivity index (χ4n) is 9.19. The molecule has 0 aromatic heterocycles. The van der Waals surface area contributed by atoms with Crippen molar-refractivity contribution in [2.45, 2.75) is 150 Å². The lowest BCUT2D eigenvalue weighted by Crippen LogP contribution is -2.53. The minimum absolute atomic E-state index is 0.316. The molecule has 0 aliphatic heterocycles. The first kappa shape index (κ1) is 27.9. The average molecular weight is 501 g/mol. The molecule has 3 saturated carbocycles. The number of rotatable bonds is 7. The average Bonchev–Trinajstić information content (AvgIpc) is 3.10. The van der Waals surface area contributed by atoms with Gasteiger partial charge in [0.15, 0.2) is 8.32 Å². The second kappa shape index (κ2) is 9.90. The maximum absolute atomic E-state index is 6.97. The Balaban J connectivity index is 1.42. The summed E-state index contributed by atoms with van der Waals surface area (Å²) in [6, 6.07) is 0. The number of fused-ring (bicyclic) bond motifs is 5. The Morgan fingerprint density at radius 3 is 2.37 bits per heavy atom. The van der Waals surface area contributed by atoms with Gasteiger partial charge in [0.25, 0.3) is 0 Å². The molecule has 35 heavy (non-hydrogen) atoms. The molecule has 1 nitrogen and oxygen atoms in total. The van der Waals surface area contributed by atoms with Crippen LogP contribution in [0, 0.1) is 46.3 Å². The summed E-state index contributed by atoms with van der Waals surface area (Å²) in [4.78, 5) is 0. The quantitative estimate of drug-likeness (QED) is 0.249. The summed E-state index contributed by atoms with van der Waals surface area (Å²) in [6.45, 7) is 24.8. The van der Waals surface area contributed by atoms with Crippen LogP contribution >= 0.6 is 0 Å². The molecule has 0 unspecified atom stereocenters. The molecule has 0 bridgehead atoms. The summed E-state index contributed by atoms with van der Waals surface area (Å²) >= 11 is 0. The molecule has 0 aromatic rings. The zero-order chi connectivity index (χ0) is 25.8. The highest BCUT2D eigenvalue weighted by atomic mass is 28.4. The van der Waals surface area contributed by atoms with Crippen LogP contribution in [0.2, 0.25) is 18.1 Å². The van der Waals surface area contributed by atoms with Crippen molar-refractivity contribution in [2.75, 3.05) is 0 Å². The first-order valence-corrected chi connectivity index (χ1v) is 18.5. The van der Waals surface area contributed by atoms with Gasteiger partial charge in [0.2, 0.25) is 0 Å². The van der Waals surface area contributed by atoms with E-state index in [4.69, 9.17) is 4.43 Å². The highest BCUT2D eigenvalue weighted by molar-refractivity contribution is 6.74. The van der Waals surface area contributed by atoms with Crippen LogP contribution in [-0.4, -0.2) is 14.4 Å². The molecule has 202 valence electrons. The molecule has 0 N–H and O–H groups in total. The van der Waals surface area contributed by atoms with Crippen molar-refractivity contribution in [3.8, 4) is 0 Å². The fourth-order valence-corrected chi connectivity index (χ4v) is 10.6. The normalized spacial score (nSPS) is 40.7. The molecule has 4 aliphatic rings. The molecule has 4 rings (SSSR count). The predicted molar refractivity (Wildman–Crippen MR) is 155 cm³/mol. The number of allylic oxidation sites excluding steroid dienone is 2. The summed E-state index contributed by atoms with van der Waals surface area (Å²) in [5, 5.41) is 0.316. The highest BCUT2D eigenvalue weighted by Gasteiger charge is 2.58. The van der Waals surface area contributed by atoms with E-state index in [-0.39, 0.29) is 0 Å². The van der Waals surface area contributed by atoms with Gasteiger partial charge < -0.3 is 4.43 Å². The first-order chi connectivity index (χ1) is 16.2. The van der Waals surface area contributed by atoms with Crippen LogP contribution in [0.5, 0.6) is 0 Å². The van der Waals surface area contributed by atoms with E-state index in [0.717, 1.165) is 35.5 Å². The third-order valence-electron chi connectivity index (χ3n) is 12.5. The Labute approximate surface area is 220 Å². The maximum Gasteiger partial charge on any atom is 0.192 e. The number of hydrogen-bond donors (Lipinski definition) is 0. The van der Waals surface area contributed by atoms with Crippen molar-refractivity contribution in [1.82, 2.24) is 0 Å². The Bertz CT molecular complexity index is 774. The minimum atomic E-state index is -1.68. The van der Waals surface area contributed by atoms with Gasteiger partial charge in [-0.15, -0.1) is 0 Å². The zero-order valence-electron chi connectivity index (χ0n) is 25.3. The van der Waals surface area contributed by atoms with Crippen LogP contribution in [0.1, 0.15) is 126 Å². The van der Waals surface area contributed by atoms with Gasteiger partial charge in [0.05, 0.1) is 0 Å². The van der Waals surface area contributed by atoms with Gasteiger partial charge in [-0.1, -0.05) is 86.3 Å². The van der Waals surface area contributed by atoms with E-state index < -0.39 is 8.32 Å². The van der Waals surface area contributed by atoms with Crippen LogP contribution < -0.4 is 0 Å². The third-order valence-corrected chi connectivity index (χ3v) is 17.0. The van der Waals surface area contributed by atoms with Crippen LogP contribution in [0.15, 0.2) is 11.6 Å². The van der Waals surface area contributed by atoms with Crippen LogP contribution in [0.3, 0.4) is 0 Å². The van der Waals surface area contributed by atoms with Crippen LogP contribution in [0.25, 0.3) is 0 Å². The lowest BCUT2D eigenvalue weighted by Gasteiger charge is -2.60. The SMILES string of the molecule is CC(C)CCC[C@@H](C)[C@H]1CC=C2[C@@H]3CC[C@H]4C[C@H](O[Si](C)(C)C(C)(C)C)CC[C@]4(C)[C@H]3CC[C@@]21C. The Morgan fingerprint density at radius 1 is 1.00 bits per heavy atom. The van der Waals surface area contributed by atoms with Gasteiger partial charge in [-0.05, 0) is 116 Å². The van der Waals surface area contributed by atoms with Crippen LogP contribution in [0.4, 0.5) is 0 Å². The molecule has 2 heteroatoms. The van der Waals surface area contributed by atoms with E-state index in [0.29, 0.717) is 22.0 Å². The molecule has 3 fully saturated rings. The number of hydrogen-bond acceptors (Lipinski definition) is 1. The smallest absolute Gasteiger partial charge is 0.192 e. The van der Waals surface area contributed by atoms with Crippen molar-refractivity contribution in [3.05, 3.63) is 11.6 Å². The summed E-state index contributed by atoms with van der Waals surface area (Å²) in [5.74, 6) is 5.29. The molecule has 0 saturated heterocycles. The van der Waals surface area contributed by atoms with E-state index >= 15 is 0 Å². The monoisotopic (exact) mass is 500 g/mol. The van der Waals surface area contributed by atoms with Gasteiger partial charge in [-0.3, -0.25) is 0 Å². The standard InChI is InChI=1S/C33H60OSi/c1-23(2)12-11-13-24(3)28-16-17-29-27-15-14-25-22-26(34-35(9,10)31(4,5)6)18-20-32(25,7)30(27)19-21-33(28,29)8/h17,23-28,30H,11-16,18-22H2,1-10H3/t24-,25+,26-,27+,28-,30+,32+,33-/m1/s1. The second-order valence-corrected chi connectivity index (χ2v) is 20.8. The molecule has 0 amide bonds. The van der Waals surface area contributed by atoms with Gasteiger partial charge in [0.1, 0.15) is 0 Å². The maximum atomic E-state index is 6.97. The van der Waals surface area contributed by atoms with Gasteiger partial charge in [-0.2, -0.15) is 0 Å². The van der Waals surface area contributed by atoms with E-state index in [1.54, 1.807) is 0 Å². The molecule has 0 aromatic carbocycles. The van der Waals surface area contributed by atoms with E-state index in [2.05, 4.69) is 74.6 Å². The zero-order valence-corrected chi connectivity index (χ0v) is 26.3. The summed E-state index contributed by atoms with van der Waals surface area (Å²) in [7, 11) is -1.68. The topological polar surface area (TPSA) is 9.23 Å². The Kier molecular flexibility index (Phi) is 7.91. The van der Waals surface area contributed by atoms with Crippen molar-refractivity contribution in [1.29, 1.82) is 0 Å². The van der Waals surface area contributed by atoms with Crippen LogP contribution in [-0.2, 0) is 4.43 Å². The molecule has 0 spiro atoms. The molecule has 0 radical (unpaired) electrons. The molecular weight excluding hydrogens is 440 g/mol. The second-order valence-electron chi connectivity index (χ2n) is 16.0. The van der Waals surface area contributed by atoms with Crippen molar-refractivity contribution in [2.24, 2.45) is 46.3 Å². The lowest BCUT2D eigenvalue weighted by molar-refractivity contribution is -0.0834. The third kappa shape index (κ3) is 5.15. The van der Waals surface area contributed by atoms with Crippen molar-refractivity contribution >= 4 is 8.32 Å². The summed E-state index contributed by atoms with van der Waals surface area (Å²) < 4.78 is 6.97. The summed E-state index contributed by atoms with van der Waals surface area (Å²) in [5.41, 5.74) is 2.96. The Morgan fingerprint density at radius 2 is 1.71 bits per heavy atom. The summed E-state index contributed by atoms with van der Waals surface area (Å²) in [6.07, 6.45) is 18.8. The molecule has 8 atom stereocenters. The van der Waals surface area contributed by atoms with E-state index in [1.165, 1.54) is 70.6 Å². The first-order valence-electron chi connectivity index (χ1n) is 15.6. The molecule has 4 aliphatic carbocycles. The van der Waals surface area contributed by atoms with E-state index in [1.807, 2.05) is 5.57 Å². The van der Waals surface area contributed by atoms with Crippen molar-refractivity contribution in [3.63, 3.8) is 0 Å². The van der Waals surface area contributed by atoms with E-state index in [9.17, 15) is 0 Å². The van der Waals surface area contributed by atoms with Gasteiger partial charge >= 0.3 is 0 Å². The Hall–Kier alpha value is -0.0831. The fraction of sp³-hybridized carbons (Fsp3) is 0.939. The van der Waals surface area contributed by atoms with Crippen molar-refractivity contribution < 1.29 is 4.43 Å². The predicted octanol–water partition coefficient (Wildman–Crippen LogP) is 10.4.